The van der Waals surface area contributed by atoms with E-state index < -0.39 is 0 Å². The van der Waals surface area contributed by atoms with Crippen molar-refractivity contribution in [3.05, 3.63) is 28.7 Å². The Kier molecular flexibility index (Phi) is 2.31. The minimum absolute atomic E-state index is 0.0735. The molecule has 0 fully saturated rings. The molecule has 0 unspecified atom stereocenters. The summed E-state index contributed by atoms with van der Waals surface area (Å²) in [6.45, 7) is 4.06. The van der Waals surface area contributed by atoms with Crippen LogP contribution in [0.5, 0.6) is 0 Å². The van der Waals surface area contributed by atoms with E-state index >= 15 is 0 Å². The lowest BCUT2D eigenvalue weighted by Crippen LogP contribution is -2.12. The smallest absolute Gasteiger partial charge is 0.249 e. The molecule has 0 spiro atoms. The number of aromatic amines is 1. The molecule has 1 rings (SSSR count). The van der Waals surface area contributed by atoms with E-state index in [0.717, 1.165) is 5.69 Å². The second-order valence-electron chi connectivity index (χ2n) is 2.74. The van der Waals surface area contributed by atoms with Gasteiger partial charge in [-0.2, -0.15) is 0 Å². The van der Waals surface area contributed by atoms with Crippen molar-refractivity contribution in [2.75, 3.05) is 5.32 Å². The minimum Gasteiger partial charge on any atom is -0.383 e. The highest BCUT2D eigenvalue weighted by Gasteiger charge is 1.93. The molecule has 0 aromatic carbocycles. The zero-order valence-electron chi connectivity index (χ0n) is 6.72. The number of anilines is 1. The van der Waals surface area contributed by atoms with Crippen molar-refractivity contribution in [1.82, 2.24) is 4.98 Å². The maximum atomic E-state index is 10.8. The van der Waals surface area contributed by atoms with E-state index in [2.05, 4.69) is 10.3 Å². The summed E-state index contributed by atoms with van der Waals surface area (Å²) in [4.78, 5) is 13.3. The summed E-state index contributed by atoms with van der Waals surface area (Å²) in [6, 6.07) is 3.73. The molecule has 0 radical (unpaired) electrons. The number of aromatic nitrogens is 1. The van der Waals surface area contributed by atoms with Gasteiger partial charge in [0.25, 0.3) is 0 Å². The van der Waals surface area contributed by atoms with Gasteiger partial charge in [0.05, 0.1) is 0 Å². The van der Waals surface area contributed by atoms with E-state index in [-0.39, 0.29) is 5.56 Å². The molecule has 1 heterocycles. The Bertz CT molecular complexity index is 277. The molecular weight excluding hydrogens is 140 g/mol. The van der Waals surface area contributed by atoms with Crippen LogP contribution in [0.3, 0.4) is 0 Å². The third-order valence-electron chi connectivity index (χ3n) is 1.23. The number of rotatable bonds is 2. The summed E-state index contributed by atoms with van der Waals surface area (Å²) in [7, 11) is 0. The van der Waals surface area contributed by atoms with Gasteiger partial charge < -0.3 is 10.3 Å². The van der Waals surface area contributed by atoms with Crippen LogP contribution in [0.25, 0.3) is 0 Å². The van der Waals surface area contributed by atoms with Crippen LogP contribution in [0.4, 0.5) is 5.69 Å². The lowest BCUT2D eigenvalue weighted by molar-refractivity contribution is 0.898. The Morgan fingerprint density at radius 3 is 2.82 bits per heavy atom. The predicted octanol–water partition coefficient (Wildman–Crippen LogP) is 1.20. The number of pyridine rings is 1. The molecule has 3 heteroatoms. The van der Waals surface area contributed by atoms with Crippen molar-refractivity contribution in [3.8, 4) is 0 Å². The summed E-state index contributed by atoms with van der Waals surface area (Å²) in [6.07, 6.45) is 1.63. The van der Waals surface area contributed by atoms with Crippen LogP contribution in [0.2, 0.25) is 0 Å². The fourth-order valence-corrected chi connectivity index (χ4v) is 0.868. The average Bonchev–Trinajstić information content (AvgIpc) is 1.85. The molecule has 60 valence electrons. The number of hydrogen-bond donors (Lipinski definition) is 2. The van der Waals surface area contributed by atoms with Gasteiger partial charge in [0.15, 0.2) is 0 Å². The Morgan fingerprint density at radius 2 is 2.27 bits per heavy atom. The summed E-state index contributed by atoms with van der Waals surface area (Å²) in [5.41, 5.74) is 0.791. The Morgan fingerprint density at radius 1 is 1.55 bits per heavy atom. The SMILES string of the molecule is CC(C)Nc1cc[nH]c(=O)c1. The third-order valence-corrected chi connectivity index (χ3v) is 1.23. The van der Waals surface area contributed by atoms with Crippen molar-refractivity contribution in [3.63, 3.8) is 0 Å². The first kappa shape index (κ1) is 7.85. The van der Waals surface area contributed by atoms with Crippen molar-refractivity contribution >= 4 is 5.69 Å². The Hall–Kier alpha value is -1.25. The zero-order valence-corrected chi connectivity index (χ0v) is 6.72. The number of nitrogens with one attached hydrogen (secondary N) is 2. The number of hydrogen-bond acceptors (Lipinski definition) is 2. The Labute approximate surface area is 65.5 Å². The van der Waals surface area contributed by atoms with Gasteiger partial charge in [-0.25, -0.2) is 0 Å². The summed E-state index contributed by atoms with van der Waals surface area (Å²) in [5.74, 6) is 0. The molecule has 0 amide bonds. The highest BCUT2D eigenvalue weighted by Crippen LogP contribution is 2.01. The first-order valence-electron chi connectivity index (χ1n) is 3.64. The summed E-state index contributed by atoms with van der Waals surface area (Å²) >= 11 is 0. The molecule has 1 aromatic heterocycles. The second-order valence-corrected chi connectivity index (χ2v) is 2.74. The van der Waals surface area contributed by atoms with E-state index in [1.54, 1.807) is 12.3 Å². The van der Waals surface area contributed by atoms with Gasteiger partial charge in [0.2, 0.25) is 5.56 Å². The molecule has 0 aliphatic heterocycles. The quantitative estimate of drug-likeness (QED) is 0.668. The molecule has 0 saturated carbocycles. The van der Waals surface area contributed by atoms with E-state index in [1.807, 2.05) is 19.9 Å². The van der Waals surface area contributed by atoms with Crippen molar-refractivity contribution < 1.29 is 0 Å². The fraction of sp³-hybridized carbons (Fsp3) is 0.375. The summed E-state index contributed by atoms with van der Waals surface area (Å²) in [5, 5.41) is 3.13. The van der Waals surface area contributed by atoms with Gasteiger partial charge in [-0.3, -0.25) is 4.79 Å². The second kappa shape index (κ2) is 3.23. The van der Waals surface area contributed by atoms with Gasteiger partial charge >= 0.3 is 0 Å². The van der Waals surface area contributed by atoms with Crippen LogP contribution < -0.4 is 10.9 Å². The normalized spacial score (nSPS) is 10.1. The van der Waals surface area contributed by atoms with Gasteiger partial charge in [-0.15, -0.1) is 0 Å². The maximum absolute atomic E-state index is 10.8. The van der Waals surface area contributed by atoms with Crippen LogP contribution in [-0.2, 0) is 0 Å². The topological polar surface area (TPSA) is 44.9 Å². The molecule has 11 heavy (non-hydrogen) atoms. The monoisotopic (exact) mass is 152 g/mol. The molecule has 0 saturated heterocycles. The fourth-order valence-electron chi connectivity index (χ4n) is 0.868. The van der Waals surface area contributed by atoms with Crippen LogP contribution in [0, 0.1) is 0 Å². The van der Waals surface area contributed by atoms with Crippen LogP contribution >= 0.6 is 0 Å². The Balaban J connectivity index is 2.80. The molecule has 0 atom stereocenters. The first-order chi connectivity index (χ1) is 5.18. The van der Waals surface area contributed by atoms with Crippen LogP contribution in [0.15, 0.2) is 23.1 Å². The molecule has 1 aromatic rings. The largest absolute Gasteiger partial charge is 0.383 e. The van der Waals surface area contributed by atoms with Crippen molar-refractivity contribution in [2.45, 2.75) is 19.9 Å². The third kappa shape index (κ3) is 2.45. The molecular formula is C8H12N2O. The molecule has 3 nitrogen and oxygen atoms in total. The van der Waals surface area contributed by atoms with E-state index in [1.165, 1.54) is 0 Å². The lowest BCUT2D eigenvalue weighted by Gasteiger charge is -2.07. The molecule has 2 N–H and O–H groups in total. The van der Waals surface area contributed by atoms with Gasteiger partial charge in [-0.1, -0.05) is 0 Å². The maximum Gasteiger partial charge on any atom is 0.249 e. The molecule has 0 aliphatic carbocycles. The standard InChI is InChI=1S/C8H12N2O/c1-6(2)10-7-3-4-9-8(11)5-7/h3-6H,1-2H3,(H2,9,10,11). The van der Waals surface area contributed by atoms with Crippen molar-refractivity contribution in [2.24, 2.45) is 0 Å². The van der Waals surface area contributed by atoms with E-state index in [9.17, 15) is 4.79 Å². The van der Waals surface area contributed by atoms with Crippen LogP contribution in [-0.4, -0.2) is 11.0 Å². The highest BCUT2D eigenvalue weighted by molar-refractivity contribution is 5.41. The lowest BCUT2D eigenvalue weighted by atomic mass is 10.3. The van der Waals surface area contributed by atoms with E-state index in [0.29, 0.717) is 6.04 Å². The highest BCUT2D eigenvalue weighted by atomic mass is 16.1. The first-order valence-corrected chi connectivity index (χ1v) is 3.64. The molecule has 0 aliphatic rings. The minimum atomic E-state index is -0.0735. The molecule has 0 bridgehead atoms. The predicted molar refractivity (Wildman–Crippen MR) is 45.8 cm³/mol. The van der Waals surface area contributed by atoms with Crippen molar-refractivity contribution in [1.29, 1.82) is 0 Å². The van der Waals surface area contributed by atoms with E-state index in [4.69, 9.17) is 0 Å². The van der Waals surface area contributed by atoms with Crippen LogP contribution in [0.1, 0.15) is 13.8 Å². The number of H-pyrrole nitrogens is 1. The van der Waals surface area contributed by atoms with Gasteiger partial charge in [-0.05, 0) is 19.9 Å². The average molecular weight is 152 g/mol. The zero-order chi connectivity index (χ0) is 8.27. The van der Waals surface area contributed by atoms with Gasteiger partial charge in [0.1, 0.15) is 0 Å². The summed E-state index contributed by atoms with van der Waals surface area (Å²) < 4.78 is 0. The van der Waals surface area contributed by atoms with Gasteiger partial charge in [0, 0.05) is 24.0 Å².